The molecule has 0 rings (SSSR count). The summed E-state index contributed by atoms with van der Waals surface area (Å²) in [7, 11) is 1.42. The Kier molecular flexibility index (Phi) is 4.11. The van der Waals surface area contributed by atoms with Gasteiger partial charge in [-0.15, -0.1) is 0 Å². The lowest BCUT2D eigenvalue weighted by Gasteiger charge is -2.12. The van der Waals surface area contributed by atoms with E-state index in [4.69, 9.17) is 0 Å². The van der Waals surface area contributed by atoms with E-state index in [2.05, 4.69) is 12.6 Å². The van der Waals surface area contributed by atoms with E-state index in [9.17, 15) is 9.59 Å². The maximum absolute atomic E-state index is 10.9. The lowest BCUT2D eigenvalue weighted by molar-refractivity contribution is -0.136. The molecule has 0 aliphatic heterocycles. The predicted octanol–water partition coefficient (Wildman–Crippen LogP) is 0.310. The second-order valence-corrected chi connectivity index (χ2v) is 2.60. The van der Waals surface area contributed by atoms with Crippen LogP contribution >= 0.6 is 12.6 Å². The van der Waals surface area contributed by atoms with Crippen molar-refractivity contribution in [2.24, 2.45) is 0 Å². The fraction of sp³-hybridized carbons (Fsp3) is 0.667. The molecule has 0 bridgehead atoms. The van der Waals surface area contributed by atoms with Gasteiger partial charge in [-0.1, -0.05) is 6.92 Å². The van der Waals surface area contributed by atoms with Crippen molar-refractivity contribution >= 4 is 24.9 Å². The van der Waals surface area contributed by atoms with Crippen LogP contribution in [0.1, 0.15) is 13.3 Å². The fourth-order valence-corrected chi connectivity index (χ4v) is 0.644. The Morgan fingerprint density at radius 3 is 2.60 bits per heavy atom. The molecule has 0 saturated carbocycles. The molecule has 1 atom stereocenters. The molecule has 0 aromatic rings. The molecule has 0 aliphatic carbocycles. The van der Waals surface area contributed by atoms with Crippen molar-refractivity contribution in [2.75, 3.05) is 7.05 Å². The normalized spacial score (nSPS) is 12.3. The van der Waals surface area contributed by atoms with Gasteiger partial charge >= 0.3 is 0 Å². The number of imide groups is 1. The van der Waals surface area contributed by atoms with Gasteiger partial charge in [-0.2, -0.15) is 12.6 Å². The minimum Gasteiger partial charge on any atom is -0.287 e. The van der Waals surface area contributed by atoms with E-state index in [0.29, 0.717) is 12.8 Å². The molecule has 1 unspecified atom stereocenters. The van der Waals surface area contributed by atoms with Crippen molar-refractivity contribution in [2.45, 2.75) is 18.6 Å². The summed E-state index contributed by atoms with van der Waals surface area (Å²) in [6.07, 6.45) is 1.13. The molecule has 0 aromatic carbocycles. The molecule has 0 N–H and O–H groups in total. The first kappa shape index (κ1) is 9.49. The first-order valence-electron chi connectivity index (χ1n) is 3.03. The number of hydrogen-bond donors (Lipinski definition) is 1. The van der Waals surface area contributed by atoms with Crippen LogP contribution in [-0.2, 0) is 9.59 Å². The van der Waals surface area contributed by atoms with Gasteiger partial charge < -0.3 is 0 Å². The van der Waals surface area contributed by atoms with Gasteiger partial charge in [0.1, 0.15) is 0 Å². The third-order valence-electron chi connectivity index (χ3n) is 1.18. The van der Waals surface area contributed by atoms with Gasteiger partial charge in [0, 0.05) is 7.05 Å². The lowest BCUT2D eigenvalue weighted by Crippen LogP contribution is -2.32. The zero-order chi connectivity index (χ0) is 8.15. The largest absolute Gasteiger partial charge is 0.287 e. The van der Waals surface area contributed by atoms with E-state index in [1.165, 1.54) is 7.05 Å². The fourth-order valence-electron chi connectivity index (χ4n) is 0.462. The summed E-state index contributed by atoms with van der Waals surface area (Å²) in [5, 5.41) is -0.352. The van der Waals surface area contributed by atoms with Crippen LogP contribution in [0.15, 0.2) is 0 Å². The van der Waals surface area contributed by atoms with Crippen LogP contribution in [-0.4, -0.2) is 29.5 Å². The Bertz CT molecular complexity index is 138. The monoisotopic (exact) mass is 161 g/mol. The average Bonchev–Trinajstić information content (AvgIpc) is 2.00. The Morgan fingerprint density at radius 1 is 1.80 bits per heavy atom. The van der Waals surface area contributed by atoms with Gasteiger partial charge in [-0.05, 0) is 6.42 Å². The molecular formula is C6H11NO2S. The highest BCUT2D eigenvalue weighted by atomic mass is 32.1. The highest BCUT2D eigenvalue weighted by Crippen LogP contribution is 2.02. The van der Waals surface area contributed by atoms with E-state index in [1.807, 2.05) is 6.92 Å². The minimum absolute atomic E-state index is 0.249. The van der Waals surface area contributed by atoms with Crippen LogP contribution in [0.5, 0.6) is 0 Å². The molecular weight excluding hydrogens is 150 g/mol. The number of thiol groups is 1. The molecule has 10 heavy (non-hydrogen) atoms. The van der Waals surface area contributed by atoms with Crippen molar-refractivity contribution in [3.8, 4) is 0 Å². The van der Waals surface area contributed by atoms with Gasteiger partial charge in [0.25, 0.3) is 0 Å². The van der Waals surface area contributed by atoms with Crippen molar-refractivity contribution in [1.29, 1.82) is 0 Å². The molecule has 0 saturated heterocycles. The third-order valence-corrected chi connectivity index (χ3v) is 1.76. The van der Waals surface area contributed by atoms with Crippen molar-refractivity contribution in [3.05, 3.63) is 0 Å². The number of hydrogen-bond acceptors (Lipinski definition) is 3. The van der Waals surface area contributed by atoms with E-state index in [-0.39, 0.29) is 11.2 Å². The topological polar surface area (TPSA) is 37.4 Å². The minimum atomic E-state index is -0.352. The Balaban J connectivity index is 3.93. The highest BCUT2D eigenvalue weighted by molar-refractivity contribution is 7.81. The standard InChI is InChI=1S/C6H11NO2S/c1-3-5(10)6(9)7(2)4-8/h4-5,10H,3H2,1-2H3. The lowest BCUT2D eigenvalue weighted by atomic mass is 10.3. The van der Waals surface area contributed by atoms with Gasteiger partial charge in [-0.3, -0.25) is 14.5 Å². The Morgan fingerprint density at radius 2 is 2.30 bits per heavy atom. The molecule has 0 heterocycles. The number of nitrogens with zero attached hydrogens (tertiary/aromatic N) is 1. The first-order chi connectivity index (χ1) is 4.63. The average molecular weight is 161 g/mol. The number of rotatable bonds is 3. The summed E-state index contributed by atoms with van der Waals surface area (Å²) >= 11 is 3.97. The van der Waals surface area contributed by atoms with Crippen LogP contribution < -0.4 is 0 Å². The summed E-state index contributed by atoms with van der Waals surface area (Å²) in [6.45, 7) is 1.84. The maximum Gasteiger partial charge on any atom is 0.241 e. The van der Waals surface area contributed by atoms with Crippen LogP contribution in [0.4, 0.5) is 0 Å². The third kappa shape index (κ3) is 2.39. The molecule has 0 radical (unpaired) electrons. The second-order valence-electron chi connectivity index (χ2n) is 1.98. The molecule has 2 amide bonds. The molecule has 58 valence electrons. The molecule has 3 nitrogen and oxygen atoms in total. The molecule has 0 aromatic heterocycles. The second kappa shape index (κ2) is 4.33. The van der Waals surface area contributed by atoms with Gasteiger partial charge in [-0.25, -0.2) is 0 Å². The Hall–Kier alpha value is -0.510. The van der Waals surface area contributed by atoms with Crippen molar-refractivity contribution in [3.63, 3.8) is 0 Å². The SMILES string of the molecule is CCC(S)C(=O)N(C)C=O. The maximum atomic E-state index is 10.9. The molecule has 0 spiro atoms. The van der Waals surface area contributed by atoms with Crippen molar-refractivity contribution < 1.29 is 9.59 Å². The van der Waals surface area contributed by atoms with Crippen LogP contribution in [0.2, 0.25) is 0 Å². The van der Waals surface area contributed by atoms with E-state index in [1.54, 1.807) is 0 Å². The molecule has 0 aliphatic rings. The van der Waals surface area contributed by atoms with E-state index in [0.717, 1.165) is 4.90 Å². The summed E-state index contributed by atoms with van der Waals surface area (Å²) in [5.41, 5.74) is 0. The zero-order valence-electron chi connectivity index (χ0n) is 6.07. The van der Waals surface area contributed by atoms with Crippen LogP contribution in [0.3, 0.4) is 0 Å². The number of carbonyl (C=O) groups excluding carboxylic acids is 2. The highest BCUT2D eigenvalue weighted by Gasteiger charge is 2.14. The first-order valence-corrected chi connectivity index (χ1v) is 3.55. The van der Waals surface area contributed by atoms with E-state index >= 15 is 0 Å². The van der Waals surface area contributed by atoms with Gasteiger partial charge in [0.2, 0.25) is 12.3 Å². The summed E-state index contributed by atoms with van der Waals surface area (Å²) in [6, 6.07) is 0. The van der Waals surface area contributed by atoms with Gasteiger partial charge in [0.15, 0.2) is 0 Å². The summed E-state index contributed by atoms with van der Waals surface area (Å²) in [4.78, 5) is 22.0. The quantitative estimate of drug-likeness (QED) is 0.478. The number of carbonyl (C=O) groups is 2. The zero-order valence-corrected chi connectivity index (χ0v) is 6.97. The van der Waals surface area contributed by atoms with Crippen LogP contribution in [0, 0.1) is 0 Å². The Labute approximate surface area is 65.8 Å². The molecule has 4 heteroatoms. The summed E-state index contributed by atoms with van der Waals surface area (Å²) < 4.78 is 0. The summed E-state index contributed by atoms with van der Waals surface area (Å²) in [5.74, 6) is -0.249. The van der Waals surface area contributed by atoms with E-state index < -0.39 is 0 Å². The smallest absolute Gasteiger partial charge is 0.241 e. The predicted molar refractivity (Wildman–Crippen MR) is 41.9 cm³/mol. The van der Waals surface area contributed by atoms with Crippen LogP contribution in [0.25, 0.3) is 0 Å². The van der Waals surface area contributed by atoms with Gasteiger partial charge in [0.05, 0.1) is 5.25 Å². The van der Waals surface area contributed by atoms with Crippen molar-refractivity contribution in [1.82, 2.24) is 4.90 Å². The molecule has 0 fully saturated rings. The number of amides is 2.